The van der Waals surface area contributed by atoms with Crippen molar-refractivity contribution in [3.8, 4) is 0 Å². The topological polar surface area (TPSA) is 91.0 Å². The molecule has 8 nitrogen and oxygen atoms in total. The number of fused-ring (bicyclic) bond motifs is 1. The molecule has 1 aromatic carbocycles. The smallest absolute Gasteiger partial charge is 0.246 e. The summed E-state index contributed by atoms with van der Waals surface area (Å²) in [5.41, 5.74) is -0.596. The lowest BCUT2D eigenvalue weighted by Crippen LogP contribution is -2.58. The van der Waals surface area contributed by atoms with Crippen LogP contribution in [0.25, 0.3) is 0 Å². The second-order valence-corrected chi connectivity index (χ2v) is 12.7. The van der Waals surface area contributed by atoms with E-state index in [1.807, 2.05) is 19.2 Å². The molecule has 1 aliphatic carbocycles. The van der Waals surface area contributed by atoms with E-state index >= 15 is 0 Å². The Labute approximate surface area is 255 Å². The number of rotatable bonds is 10. The summed E-state index contributed by atoms with van der Waals surface area (Å²) in [4.78, 5) is 45.8. The number of anilines is 1. The summed E-state index contributed by atoms with van der Waals surface area (Å²) in [6.07, 6.45) is 8.49. The van der Waals surface area contributed by atoms with Gasteiger partial charge in [-0.2, -0.15) is 0 Å². The first-order valence-corrected chi connectivity index (χ1v) is 15.3. The van der Waals surface area contributed by atoms with E-state index in [0.717, 1.165) is 38.6 Å². The maximum Gasteiger partial charge on any atom is 0.246 e. The van der Waals surface area contributed by atoms with E-state index in [2.05, 4.69) is 36.3 Å². The highest BCUT2D eigenvalue weighted by Crippen LogP contribution is 2.55. The third kappa shape index (κ3) is 6.03. The maximum absolute atomic E-state index is 14.2. The molecule has 3 heterocycles. The van der Waals surface area contributed by atoms with Gasteiger partial charge >= 0.3 is 0 Å². The van der Waals surface area contributed by atoms with Crippen molar-refractivity contribution in [2.24, 2.45) is 23.7 Å². The highest BCUT2D eigenvalue weighted by atomic mass is 35.5. The number of nitrogens with one attached hydrogen (secondary N) is 2. The van der Waals surface area contributed by atoms with E-state index in [-0.39, 0.29) is 36.2 Å². The lowest BCUT2D eigenvalue weighted by molar-refractivity contribution is -0.141. The van der Waals surface area contributed by atoms with Gasteiger partial charge < -0.3 is 25.2 Å². The largest absolute Gasteiger partial charge is 0.359 e. The molecule has 1 spiro atoms. The normalized spacial score (nSPS) is 33.6. The number of benzene rings is 1. The van der Waals surface area contributed by atoms with Crippen LogP contribution in [0.5, 0.6) is 0 Å². The number of carbonyl (C=O) groups excluding carboxylic acids is 3. The van der Waals surface area contributed by atoms with Gasteiger partial charge in [-0.1, -0.05) is 69.9 Å². The summed E-state index contributed by atoms with van der Waals surface area (Å²) < 4.78 is 6.49. The van der Waals surface area contributed by atoms with Gasteiger partial charge in [0.25, 0.3) is 0 Å². The van der Waals surface area contributed by atoms with Crippen LogP contribution in [0.3, 0.4) is 0 Å². The number of likely N-dealkylation sites (tertiary alicyclic amines) is 1. The zero-order chi connectivity index (χ0) is 28.6. The molecule has 2 saturated heterocycles. The van der Waals surface area contributed by atoms with Crippen LogP contribution < -0.4 is 10.6 Å². The van der Waals surface area contributed by atoms with Crippen molar-refractivity contribution in [1.82, 2.24) is 15.1 Å². The Kier molecular flexibility index (Phi) is 10.1. The van der Waals surface area contributed by atoms with Gasteiger partial charge in [-0.15, -0.1) is 12.4 Å². The molecule has 0 aromatic heterocycles. The third-order valence-electron chi connectivity index (χ3n) is 9.67. The van der Waals surface area contributed by atoms with Crippen LogP contribution in [-0.2, 0) is 19.1 Å². The molecular formula is C31H44Cl2N4O4. The summed E-state index contributed by atoms with van der Waals surface area (Å²) in [6.45, 7) is 8.55. The van der Waals surface area contributed by atoms with Crippen LogP contribution in [0, 0.1) is 23.7 Å². The number of amides is 3. The van der Waals surface area contributed by atoms with Gasteiger partial charge in [0, 0.05) is 29.8 Å². The molecule has 3 fully saturated rings. The molecule has 226 valence electrons. The van der Waals surface area contributed by atoms with Crippen LogP contribution in [0.15, 0.2) is 36.4 Å². The van der Waals surface area contributed by atoms with Crippen molar-refractivity contribution in [2.75, 3.05) is 32.0 Å². The summed E-state index contributed by atoms with van der Waals surface area (Å²) in [5.74, 6) is -1.29. The van der Waals surface area contributed by atoms with Crippen LogP contribution >= 0.6 is 24.0 Å². The number of ether oxygens (including phenoxy) is 1. The number of carbonyl (C=O) groups is 3. The lowest BCUT2D eigenvalue weighted by Gasteiger charge is -2.38. The number of nitrogens with zero attached hydrogens (tertiary/aromatic N) is 2. The second-order valence-electron chi connectivity index (χ2n) is 12.3. The van der Waals surface area contributed by atoms with E-state index in [9.17, 15) is 14.4 Å². The molecule has 10 heteroatoms. The van der Waals surface area contributed by atoms with E-state index in [1.165, 1.54) is 0 Å². The molecular weight excluding hydrogens is 563 g/mol. The quantitative estimate of drug-likeness (QED) is 0.382. The minimum absolute atomic E-state index is 0. The van der Waals surface area contributed by atoms with Gasteiger partial charge in [-0.3, -0.25) is 14.4 Å². The molecule has 3 aliphatic heterocycles. The van der Waals surface area contributed by atoms with Crippen LogP contribution in [-0.4, -0.2) is 78.0 Å². The van der Waals surface area contributed by atoms with Crippen LogP contribution in [0.2, 0.25) is 5.02 Å². The Morgan fingerprint density at radius 3 is 2.71 bits per heavy atom. The zero-order valence-electron chi connectivity index (χ0n) is 24.5. The minimum Gasteiger partial charge on any atom is -0.359 e. The van der Waals surface area contributed by atoms with E-state index in [1.54, 1.807) is 29.2 Å². The molecule has 6 unspecified atom stereocenters. The molecule has 8 atom stereocenters. The molecule has 41 heavy (non-hydrogen) atoms. The first-order chi connectivity index (χ1) is 19.2. The number of unbranched alkanes of at least 4 members (excludes halogenated alkanes) is 1. The third-order valence-corrected chi connectivity index (χ3v) is 9.90. The average molecular weight is 608 g/mol. The Morgan fingerprint density at radius 2 is 1.98 bits per heavy atom. The Morgan fingerprint density at radius 1 is 1.20 bits per heavy atom. The summed E-state index contributed by atoms with van der Waals surface area (Å²) >= 11 is 6.13. The highest BCUT2D eigenvalue weighted by Gasteiger charge is 2.72. The number of halogens is 2. The fourth-order valence-corrected chi connectivity index (χ4v) is 7.36. The summed E-state index contributed by atoms with van der Waals surface area (Å²) in [7, 11) is 2.04. The van der Waals surface area contributed by atoms with Crippen LogP contribution in [0.1, 0.15) is 52.9 Å². The molecule has 5 rings (SSSR count). The Balaban J connectivity index is 0.00000387. The maximum atomic E-state index is 14.2. The predicted octanol–water partition coefficient (Wildman–Crippen LogP) is 4.52. The molecule has 1 aromatic rings. The van der Waals surface area contributed by atoms with Crippen molar-refractivity contribution in [1.29, 1.82) is 0 Å². The van der Waals surface area contributed by atoms with Crippen molar-refractivity contribution >= 4 is 47.4 Å². The van der Waals surface area contributed by atoms with Gasteiger partial charge in [0.05, 0.1) is 17.9 Å². The summed E-state index contributed by atoms with van der Waals surface area (Å²) in [6, 6.07) is 6.18. The van der Waals surface area contributed by atoms with Gasteiger partial charge in [-0.25, -0.2) is 0 Å². The van der Waals surface area contributed by atoms with E-state index in [4.69, 9.17) is 16.3 Å². The highest BCUT2D eigenvalue weighted by molar-refractivity contribution is 6.30. The zero-order valence-corrected chi connectivity index (χ0v) is 26.0. The summed E-state index contributed by atoms with van der Waals surface area (Å²) in [5, 5.41) is 6.76. The first-order valence-electron chi connectivity index (χ1n) is 14.9. The van der Waals surface area contributed by atoms with Gasteiger partial charge in [0.15, 0.2) is 0 Å². The van der Waals surface area contributed by atoms with Gasteiger partial charge in [-0.05, 0) is 56.5 Å². The lowest BCUT2D eigenvalue weighted by atomic mass is 9.73. The minimum atomic E-state index is -1.16. The molecule has 3 amide bonds. The molecule has 2 N–H and O–H groups in total. The standard InChI is InChI=1S/C31H43ClN4O4.ClH/c1-5-6-15-35(4)16-17-36-27(29(38)34-23-12-7-9-19(2)20(23)3)31-14-13-24(40-31)25(26(31)30(36)39)28(37)33-22-11-8-10-21(32)18-22;/h8,10-11,13-14,18-20,23-27H,5-7,9,12,15-17H2,1-4H3,(H,33,37)(H,34,38);1H/t19?,20?,23?,24-,25?,26-,27?,31?;/m0./s1. The fourth-order valence-electron chi connectivity index (χ4n) is 7.17. The van der Waals surface area contributed by atoms with Crippen molar-refractivity contribution in [2.45, 2.75) is 76.7 Å². The van der Waals surface area contributed by atoms with Crippen LogP contribution in [0.4, 0.5) is 5.69 Å². The number of likely N-dealkylation sites (N-methyl/N-ethyl adjacent to an activating group) is 1. The van der Waals surface area contributed by atoms with Crippen molar-refractivity contribution in [3.63, 3.8) is 0 Å². The SMILES string of the molecule is CCCCN(C)CCN1C(=O)[C@@H]2C(C(=O)Nc3cccc(Cl)c3)[C@@H]3C=CC2(O3)C1C(=O)NC1CCCC(C)C1C.Cl. The van der Waals surface area contributed by atoms with Crippen molar-refractivity contribution in [3.05, 3.63) is 41.4 Å². The monoisotopic (exact) mass is 606 g/mol. The Bertz CT molecular complexity index is 1160. The number of hydrogen-bond donors (Lipinski definition) is 2. The Hall–Kier alpha value is -2.13. The molecule has 1 saturated carbocycles. The molecule has 4 aliphatic rings. The van der Waals surface area contributed by atoms with E-state index < -0.39 is 29.6 Å². The van der Waals surface area contributed by atoms with Crippen molar-refractivity contribution < 1.29 is 19.1 Å². The fraction of sp³-hybridized carbons (Fsp3) is 0.645. The van der Waals surface area contributed by atoms with E-state index in [0.29, 0.717) is 35.6 Å². The molecule has 2 bridgehead atoms. The second kappa shape index (κ2) is 13.0. The van der Waals surface area contributed by atoms with Gasteiger partial charge in [0.2, 0.25) is 17.7 Å². The van der Waals surface area contributed by atoms with Gasteiger partial charge in [0.1, 0.15) is 11.6 Å². The predicted molar refractivity (Wildman–Crippen MR) is 163 cm³/mol. The number of hydrogen-bond acceptors (Lipinski definition) is 5. The first kappa shape index (κ1) is 31.8. The molecule has 0 radical (unpaired) electrons. The average Bonchev–Trinajstić information content (AvgIpc) is 3.56.